The lowest BCUT2D eigenvalue weighted by Gasteiger charge is -2.14. The standard InChI is InChI=1S/C17H16FIN2O/c1-10-8-12(19)3-7-15(10)21-16-6-2-11(18)9-14(16)17(22)20-13-4-5-13/h2-3,6-9,13,21H,4-5H2,1H3,(H,20,22). The minimum atomic E-state index is -0.411. The molecule has 0 heterocycles. The second-order valence-corrected chi connectivity index (χ2v) is 6.77. The zero-order valence-corrected chi connectivity index (χ0v) is 14.3. The van der Waals surface area contributed by atoms with Gasteiger partial charge in [0.15, 0.2) is 0 Å². The molecule has 22 heavy (non-hydrogen) atoms. The fourth-order valence-electron chi connectivity index (χ4n) is 2.22. The van der Waals surface area contributed by atoms with Gasteiger partial charge >= 0.3 is 0 Å². The highest BCUT2D eigenvalue weighted by atomic mass is 127. The number of hydrogen-bond donors (Lipinski definition) is 2. The summed E-state index contributed by atoms with van der Waals surface area (Å²) in [6.07, 6.45) is 2.00. The molecule has 0 aromatic heterocycles. The summed E-state index contributed by atoms with van der Waals surface area (Å²) < 4.78 is 14.7. The highest BCUT2D eigenvalue weighted by molar-refractivity contribution is 14.1. The zero-order valence-electron chi connectivity index (χ0n) is 12.1. The topological polar surface area (TPSA) is 41.1 Å². The Hall–Kier alpha value is -1.63. The van der Waals surface area contributed by atoms with Crippen LogP contribution in [0.4, 0.5) is 15.8 Å². The third-order valence-electron chi connectivity index (χ3n) is 3.60. The number of carbonyl (C=O) groups excluding carboxylic acids is 1. The molecular formula is C17H16FIN2O. The van der Waals surface area contributed by atoms with E-state index in [1.165, 1.54) is 12.1 Å². The molecule has 2 aromatic rings. The van der Waals surface area contributed by atoms with Crippen LogP contribution in [-0.2, 0) is 0 Å². The van der Waals surface area contributed by atoms with Crippen molar-refractivity contribution in [3.05, 3.63) is 56.9 Å². The van der Waals surface area contributed by atoms with Crippen molar-refractivity contribution in [2.45, 2.75) is 25.8 Å². The van der Waals surface area contributed by atoms with Gasteiger partial charge in [0, 0.05) is 15.3 Å². The Balaban J connectivity index is 1.90. The first-order chi connectivity index (χ1) is 10.5. The van der Waals surface area contributed by atoms with E-state index in [1.807, 2.05) is 19.1 Å². The average molecular weight is 410 g/mol. The van der Waals surface area contributed by atoms with Crippen LogP contribution in [0.25, 0.3) is 0 Å². The number of nitrogens with one attached hydrogen (secondary N) is 2. The Bertz CT molecular complexity index is 729. The van der Waals surface area contributed by atoms with Crippen molar-refractivity contribution in [1.82, 2.24) is 5.32 Å². The summed E-state index contributed by atoms with van der Waals surface area (Å²) in [5.41, 5.74) is 2.94. The smallest absolute Gasteiger partial charge is 0.253 e. The molecule has 0 aliphatic heterocycles. The third kappa shape index (κ3) is 3.58. The van der Waals surface area contributed by atoms with Crippen molar-refractivity contribution in [3.63, 3.8) is 0 Å². The summed E-state index contributed by atoms with van der Waals surface area (Å²) in [4.78, 5) is 12.3. The molecule has 3 nitrogen and oxygen atoms in total. The molecule has 2 aromatic carbocycles. The number of halogens is 2. The lowest BCUT2D eigenvalue weighted by atomic mass is 10.1. The van der Waals surface area contributed by atoms with E-state index in [9.17, 15) is 9.18 Å². The Morgan fingerprint density at radius 1 is 1.18 bits per heavy atom. The molecule has 1 saturated carbocycles. The number of rotatable bonds is 4. The Kier molecular flexibility index (Phi) is 4.33. The van der Waals surface area contributed by atoms with Gasteiger partial charge in [-0.1, -0.05) is 0 Å². The van der Waals surface area contributed by atoms with E-state index in [4.69, 9.17) is 0 Å². The monoisotopic (exact) mass is 410 g/mol. The van der Waals surface area contributed by atoms with Crippen molar-refractivity contribution in [3.8, 4) is 0 Å². The maximum atomic E-state index is 13.5. The van der Waals surface area contributed by atoms with Gasteiger partial charge in [-0.25, -0.2) is 4.39 Å². The van der Waals surface area contributed by atoms with Gasteiger partial charge in [0.1, 0.15) is 5.82 Å². The fraction of sp³-hybridized carbons (Fsp3) is 0.235. The van der Waals surface area contributed by atoms with Gasteiger partial charge in [0.25, 0.3) is 5.91 Å². The molecule has 0 atom stereocenters. The van der Waals surface area contributed by atoms with Crippen molar-refractivity contribution in [2.24, 2.45) is 0 Å². The first kappa shape index (κ1) is 15.3. The Morgan fingerprint density at radius 3 is 2.59 bits per heavy atom. The van der Waals surface area contributed by atoms with Crippen LogP contribution in [0.1, 0.15) is 28.8 Å². The predicted molar refractivity (Wildman–Crippen MR) is 94.1 cm³/mol. The number of benzene rings is 2. The Morgan fingerprint density at radius 2 is 1.91 bits per heavy atom. The number of anilines is 2. The van der Waals surface area contributed by atoms with Crippen LogP contribution < -0.4 is 10.6 Å². The van der Waals surface area contributed by atoms with Crippen LogP contribution in [0.3, 0.4) is 0 Å². The molecule has 5 heteroatoms. The third-order valence-corrected chi connectivity index (χ3v) is 4.27. The number of hydrogen-bond acceptors (Lipinski definition) is 2. The lowest BCUT2D eigenvalue weighted by molar-refractivity contribution is 0.0951. The molecule has 0 bridgehead atoms. The van der Waals surface area contributed by atoms with Crippen molar-refractivity contribution >= 4 is 39.9 Å². The molecule has 3 rings (SSSR count). The summed E-state index contributed by atoms with van der Waals surface area (Å²) in [6.45, 7) is 2.00. The van der Waals surface area contributed by atoms with E-state index in [0.29, 0.717) is 11.3 Å². The predicted octanol–water partition coefficient (Wildman–Crippen LogP) is 4.37. The SMILES string of the molecule is Cc1cc(I)ccc1Nc1ccc(F)cc1C(=O)NC1CC1. The molecule has 0 saturated heterocycles. The van der Waals surface area contributed by atoms with Crippen LogP contribution in [-0.4, -0.2) is 11.9 Å². The summed E-state index contributed by atoms with van der Waals surface area (Å²) in [5.74, 6) is -0.640. The quantitative estimate of drug-likeness (QED) is 0.735. The molecule has 0 unspecified atom stereocenters. The van der Waals surface area contributed by atoms with Gasteiger partial charge in [-0.3, -0.25) is 4.79 Å². The van der Waals surface area contributed by atoms with Gasteiger partial charge in [-0.05, 0) is 84.3 Å². The van der Waals surface area contributed by atoms with E-state index in [-0.39, 0.29) is 11.9 Å². The largest absolute Gasteiger partial charge is 0.355 e. The first-order valence-corrected chi connectivity index (χ1v) is 8.24. The second kappa shape index (κ2) is 6.24. The summed E-state index contributed by atoms with van der Waals surface area (Å²) in [7, 11) is 0. The summed E-state index contributed by atoms with van der Waals surface area (Å²) in [5, 5.41) is 6.14. The van der Waals surface area contributed by atoms with Crippen molar-refractivity contribution in [1.29, 1.82) is 0 Å². The summed E-state index contributed by atoms with van der Waals surface area (Å²) >= 11 is 2.25. The molecule has 1 fully saturated rings. The molecule has 1 aliphatic carbocycles. The van der Waals surface area contributed by atoms with Crippen LogP contribution in [0.15, 0.2) is 36.4 Å². The van der Waals surface area contributed by atoms with Crippen LogP contribution >= 0.6 is 22.6 Å². The van der Waals surface area contributed by atoms with Gasteiger partial charge in [0.05, 0.1) is 11.3 Å². The van der Waals surface area contributed by atoms with Gasteiger partial charge in [-0.15, -0.1) is 0 Å². The number of aryl methyl sites for hydroxylation is 1. The Labute approximate surface area is 142 Å². The normalized spacial score (nSPS) is 13.8. The minimum absolute atomic E-state index is 0.229. The fourth-order valence-corrected chi connectivity index (χ4v) is 2.86. The molecule has 1 aliphatic rings. The molecule has 0 radical (unpaired) electrons. The van der Waals surface area contributed by atoms with E-state index in [2.05, 4.69) is 39.3 Å². The van der Waals surface area contributed by atoms with Crippen molar-refractivity contribution in [2.75, 3.05) is 5.32 Å². The van der Waals surface area contributed by atoms with E-state index in [0.717, 1.165) is 27.7 Å². The number of carbonyl (C=O) groups is 1. The first-order valence-electron chi connectivity index (χ1n) is 7.16. The maximum Gasteiger partial charge on any atom is 0.253 e. The van der Waals surface area contributed by atoms with Gasteiger partial charge in [0.2, 0.25) is 0 Å². The van der Waals surface area contributed by atoms with Crippen LogP contribution in [0.2, 0.25) is 0 Å². The average Bonchev–Trinajstić information content (AvgIpc) is 3.27. The van der Waals surface area contributed by atoms with Gasteiger partial charge in [-0.2, -0.15) is 0 Å². The highest BCUT2D eigenvalue weighted by Crippen LogP contribution is 2.27. The highest BCUT2D eigenvalue weighted by Gasteiger charge is 2.25. The molecule has 2 N–H and O–H groups in total. The molecule has 114 valence electrons. The zero-order chi connectivity index (χ0) is 15.7. The minimum Gasteiger partial charge on any atom is -0.355 e. The summed E-state index contributed by atoms with van der Waals surface area (Å²) in [6, 6.07) is 10.5. The van der Waals surface area contributed by atoms with Crippen molar-refractivity contribution < 1.29 is 9.18 Å². The molecule has 1 amide bonds. The molecule has 0 spiro atoms. The van der Waals surface area contributed by atoms with Gasteiger partial charge < -0.3 is 10.6 Å². The second-order valence-electron chi connectivity index (χ2n) is 5.52. The van der Waals surface area contributed by atoms with E-state index < -0.39 is 5.82 Å². The van der Waals surface area contributed by atoms with Crippen LogP contribution in [0, 0.1) is 16.3 Å². The van der Waals surface area contributed by atoms with E-state index in [1.54, 1.807) is 6.07 Å². The van der Waals surface area contributed by atoms with Crippen LogP contribution in [0.5, 0.6) is 0 Å². The maximum absolute atomic E-state index is 13.5. The number of amides is 1. The molecular weight excluding hydrogens is 394 g/mol. The lowest BCUT2D eigenvalue weighted by Crippen LogP contribution is -2.26. The van der Waals surface area contributed by atoms with E-state index >= 15 is 0 Å².